The minimum Gasteiger partial charge on any atom is -0.482 e. The van der Waals surface area contributed by atoms with Crippen LogP contribution >= 0.6 is 11.6 Å². The number of benzene rings is 2. The van der Waals surface area contributed by atoms with E-state index in [-0.39, 0.29) is 19.0 Å². The number of hydrogen-bond donors (Lipinski definition) is 0. The molecule has 0 fully saturated rings. The summed E-state index contributed by atoms with van der Waals surface area (Å²) in [4.78, 5) is 23.6. The minimum absolute atomic E-state index is 0.249. The lowest BCUT2D eigenvalue weighted by molar-refractivity contribution is -0.144. The van der Waals surface area contributed by atoms with E-state index in [1.54, 1.807) is 30.3 Å². The predicted octanol–water partition coefficient (Wildman–Crippen LogP) is 3.76. The maximum absolute atomic E-state index is 11.9. The van der Waals surface area contributed by atoms with Gasteiger partial charge in [0.25, 0.3) is 0 Å². The van der Waals surface area contributed by atoms with Gasteiger partial charge >= 0.3 is 5.97 Å². The Morgan fingerprint density at radius 2 is 1.70 bits per heavy atom. The topological polar surface area (TPSA) is 52.6 Å². The number of esters is 1. The number of ketones is 1. The Labute approximate surface area is 140 Å². The van der Waals surface area contributed by atoms with Crippen LogP contribution in [0, 0.1) is 13.8 Å². The summed E-state index contributed by atoms with van der Waals surface area (Å²) in [6.07, 6.45) is 0. The van der Waals surface area contributed by atoms with Crippen molar-refractivity contribution in [3.63, 3.8) is 0 Å². The number of aryl methyl sites for hydroxylation is 2. The van der Waals surface area contributed by atoms with Crippen molar-refractivity contribution in [1.29, 1.82) is 0 Å². The Balaban J connectivity index is 1.81. The summed E-state index contributed by atoms with van der Waals surface area (Å²) in [6, 6.07) is 12.2. The lowest BCUT2D eigenvalue weighted by Crippen LogP contribution is -2.19. The quantitative estimate of drug-likeness (QED) is 0.597. The lowest BCUT2D eigenvalue weighted by Gasteiger charge is -2.09. The molecule has 0 aromatic heterocycles. The van der Waals surface area contributed by atoms with Gasteiger partial charge in [0.15, 0.2) is 19.0 Å². The third-order valence-electron chi connectivity index (χ3n) is 3.22. The third-order valence-corrected chi connectivity index (χ3v) is 3.46. The van der Waals surface area contributed by atoms with Gasteiger partial charge < -0.3 is 9.47 Å². The third kappa shape index (κ3) is 5.11. The first-order chi connectivity index (χ1) is 11.0. The number of halogens is 1. The highest BCUT2D eigenvalue weighted by atomic mass is 35.5. The average Bonchev–Trinajstić information content (AvgIpc) is 2.52. The zero-order valence-corrected chi connectivity index (χ0v) is 13.7. The van der Waals surface area contributed by atoms with Crippen molar-refractivity contribution in [2.45, 2.75) is 13.8 Å². The average molecular weight is 333 g/mol. The smallest absolute Gasteiger partial charge is 0.344 e. The molecule has 0 radical (unpaired) electrons. The van der Waals surface area contributed by atoms with Crippen LogP contribution in [-0.2, 0) is 9.53 Å². The van der Waals surface area contributed by atoms with Crippen LogP contribution in [0.3, 0.4) is 0 Å². The van der Waals surface area contributed by atoms with E-state index in [1.165, 1.54) is 0 Å². The number of ether oxygens (including phenoxy) is 2. The van der Waals surface area contributed by atoms with Crippen LogP contribution < -0.4 is 4.74 Å². The number of hydrogen-bond acceptors (Lipinski definition) is 4. The van der Waals surface area contributed by atoms with E-state index in [9.17, 15) is 9.59 Å². The van der Waals surface area contributed by atoms with Crippen LogP contribution in [-0.4, -0.2) is 25.0 Å². The molecule has 0 atom stereocenters. The molecule has 0 aliphatic rings. The molecule has 5 heteroatoms. The van der Waals surface area contributed by atoms with Crippen molar-refractivity contribution in [3.05, 3.63) is 64.2 Å². The fourth-order valence-corrected chi connectivity index (χ4v) is 2.15. The first kappa shape index (κ1) is 17.0. The molecule has 2 rings (SSSR count). The molecule has 0 N–H and O–H groups in total. The molecule has 120 valence electrons. The van der Waals surface area contributed by atoms with E-state index in [0.717, 1.165) is 11.1 Å². The number of carbonyl (C=O) groups is 2. The summed E-state index contributed by atoms with van der Waals surface area (Å²) in [5.41, 5.74) is 2.39. The molecule has 4 nitrogen and oxygen atoms in total. The molecule has 2 aromatic carbocycles. The van der Waals surface area contributed by atoms with E-state index < -0.39 is 5.97 Å². The van der Waals surface area contributed by atoms with Crippen LogP contribution in [0.4, 0.5) is 0 Å². The molecule has 0 aliphatic heterocycles. The van der Waals surface area contributed by atoms with Gasteiger partial charge in [0.2, 0.25) is 0 Å². The van der Waals surface area contributed by atoms with E-state index in [2.05, 4.69) is 0 Å². The fraction of sp³-hybridized carbons (Fsp3) is 0.222. The standard InChI is InChI=1S/C18H17ClO4/c1-12-3-5-14(6-4-12)16(20)10-23-18(21)11-22-17-8-7-15(19)9-13(17)2/h3-9H,10-11H2,1-2H3. The molecule has 0 spiro atoms. The van der Waals surface area contributed by atoms with E-state index in [4.69, 9.17) is 21.1 Å². The van der Waals surface area contributed by atoms with Crippen LogP contribution in [0.15, 0.2) is 42.5 Å². The van der Waals surface area contributed by atoms with Crippen molar-refractivity contribution in [2.24, 2.45) is 0 Å². The molecule has 0 heterocycles. The molecule has 0 aliphatic carbocycles. The Kier molecular flexibility index (Phi) is 5.77. The van der Waals surface area contributed by atoms with Gasteiger partial charge in [-0.3, -0.25) is 4.79 Å². The second-order valence-corrected chi connectivity index (χ2v) is 5.58. The summed E-state index contributed by atoms with van der Waals surface area (Å²) in [5, 5.41) is 0.598. The van der Waals surface area contributed by atoms with E-state index in [0.29, 0.717) is 16.3 Å². The number of rotatable bonds is 6. The van der Waals surface area contributed by atoms with Crippen molar-refractivity contribution in [3.8, 4) is 5.75 Å². The van der Waals surface area contributed by atoms with Crippen LogP contribution in [0.2, 0.25) is 5.02 Å². The van der Waals surface area contributed by atoms with Crippen LogP contribution in [0.25, 0.3) is 0 Å². The van der Waals surface area contributed by atoms with Crippen molar-refractivity contribution < 1.29 is 19.1 Å². The van der Waals surface area contributed by atoms with Gasteiger partial charge in [0.1, 0.15) is 5.75 Å². The normalized spacial score (nSPS) is 10.2. The Morgan fingerprint density at radius 3 is 2.35 bits per heavy atom. The molecule has 2 aromatic rings. The van der Waals surface area contributed by atoms with Gasteiger partial charge in [-0.15, -0.1) is 0 Å². The molecular formula is C18H17ClO4. The highest BCUT2D eigenvalue weighted by Crippen LogP contribution is 2.21. The Bertz CT molecular complexity index is 707. The number of carbonyl (C=O) groups excluding carboxylic acids is 2. The lowest BCUT2D eigenvalue weighted by atomic mass is 10.1. The summed E-state index contributed by atoms with van der Waals surface area (Å²) < 4.78 is 10.3. The maximum atomic E-state index is 11.9. The van der Waals surface area contributed by atoms with E-state index >= 15 is 0 Å². The first-order valence-electron chi connectivity index (χ1n) is 7.10. The summed E-state index contributed by atoms with van der Waals surface area (Å²) in [6.45, 7) is 3.20. The highest BCUT2D eigenvalue weighted by Gasteiger charge is 2.11. The van der Waals surface area contributed by atoms with Gasteiger partial charge in [0.05, 0.1) is 0 Å². The predicted molar refractivity (Wildman–Crippen MR) is 88.2 cm³/mol. The second kappa shape index (κ2) is 7.79. The highest BCUT2D eigenvalue weighted by molar-refractivity contribution is 6.30. The van der Waals surface area contributed by atoms with Crippen molar-refractivity contribution >= 4 is 23.4 Å². The number of Topliss-reactive ketones (excluding diaryl/α,β-unsaturated/α-hetero) is 1. The molecular weight excluding hydrogens is 316 g/mol. The molecule has 0 saturated carbocycles. The first-order valence-corrected chi connectivity index (χ1v) is 7.48. The molecule has 23 heavy (non-hydrogen) atoms. The monoisotopic (exact) mass is 332 g/mol. The second-order valence-electron chi connectivity index (χ2n) is 5.15. The van der Waals surface area contributed by atoms with Gasteiger partial charge in [0, 0.05) is 10.6 Å². The van der Waals surface area contributed by atoms with E-state index in [1.807, 2.05) is 26.0 Å². The molecule has 0 bridgehead atoms. The van der Waals surface area contributed by atoms with Gasteiger partial charge in [-0.2, -0.15) is 0 Å². The zero-order chi connectivity index (χ0) is 16.8. The minimum atomic E-state index is -0.597. The summed E-state index contributed by atoms with van der Waals surface area (Å²) in [5.74, 6) is -0.294. The Hall–Kier alpha value is -2.33. The zero-order valence-electron chi connectivity index (χ0n) is 13.0. The van der Waals surface area contributed by atoms with Crippen molar-refractivity contribution in [2.75, 3.05) is 13.2 Å². The fourth-order valence-electron chi connectivity index (χ4n) is 1.92. The summed E-state index contributed by atoms with van der Waals surface area (Å²) in [7, 11) is 0. The molecule has 0 unspecified atom stereocenters. The van der Waals surface area contributed by atoms with Gasteiger partial charge in [-0.05, 0) is 37.6 Å². The van der Waals surface area contributed by atoms with Crippen LogP contribution in [0.5, 0.6) is 5.75 Å². The summed E-state index contributed by atoms with van der Waals surface area (Å²) >= 11 is 5.85. The molecule has 0 saturated heterocycles. The Morgan fingerprint density at radius 1 is 1.00 bits per heavy atom. The maximum Gasteiger partial charge on any atom is 0.344 e. The van der Waals surface area contributed by atoms with Gasteiger partial charge in [-0.25, -0.2) is 4.79 Å². The largest absolute Gasteiger partial charge is 0.482 e. The van der Waals surface area contributed by atoms with Crippen LogP contribution in [0.1, 0.15) is 21.5 Å². The molecule has 0 amide bonds. The van der Waals surface area contributed by atoms with Gasteiger partial charge in [-0.1, -0.05) is 41.4 Å². The SMILES string of the molecule is Cc1ccc(C(=O)COC(=O)COc2ccc(Cl)cc2C)cc1. The van der Waals surface area contributed by atoms with Crippen molar-refractivity contribution in [1.82, 2.24) is 0 Å².